The van der Waals surface area contributed by atoms with Crippen molar-refractivity contribution in [2.45, 2.75) is 65.5 Å². The number of benzene rings is 1. The van der Waals surface area contributed by atoms with Crippen LogP contribution in [0.4, 0.5) is 10.5 Å². The molecular formula is C24H32N4O3. The molecule has 1 saturated carbocycles. The molecule has 4 rings (SSSR count). The predicted octanol–water partition coefficient (Wildman–Crippen LogP) is 4.46. The number of H-pyrrole nitrogens is 1. The Labute approximate surface area is 183 Å². The van der Waals surface area contributed by atoms with Gasteiger partial charge < -0.3 is 9.64 Å². The Morgan fingerprint density at radius 3 is 2.68 bits per heavy atom. The SMILES string of the molecule is Cc1cc(C(=O)N(Cc2cccc3c2CCN3C(=O)OC(C)(C)C)CC2CCC2)[nH]n1. The highest BCUT2D eigenvalue weighted by molar-refractivity contribution is 5.93. The van der Waals surface area contributed by atoms with Crippen LogP contribution in [0.2, 0.25) is 0 Å². The summed E-state index contributed by atoms with van der Waals surface area (Å²) in [5, 5.41) is 6.99. The number of nitrogens with zero attached hydrogens (tertiary/aromatic N) is 3. The van der Waals surface area contributed by atoms with Crippen molar-refractivity contribution in [2.24, 2.45) is 5.92 Å². The summed E-state index contributed by atoms with van der Waals surface area (Å²) < 4.78 is 5.58. The molecule has 1 aromatic carbocycles. The molecule has 1 aromatic heterocycles. The van der Waals surface area contributed by atoms with Gasteiger partial charge >= 0.3 is 6.09 Å². The number of carbonyl (C=O) groups excluding carboxylic acids is 2. The van der Waals surface area contributed by atoms with E-state index in [0.717, 1.165) is 35.5 Å². The number of ether oxygens (including phenoxy) is 1. The fourth-order valence-electron chi connectivity index (χ4n) is 4.28. The van der Waals surface area contributed by atoms with Crippen LogP contribution < -0.4 is 4.90 Å². The summed E-state index contributed by atoms with van der Waals surface area (Å²) in [7, 11) is 0. The zero-order valence-corrected chi connectivity index (χ0v) is 18.9. The molecule has 1 aliphatic carbocycles. The second-order valence-electron chi connectivity index (χ2n) is 9.70. The number of amides is 2. The number of aromatic amines is 1. The molecule has 166 valence electrons. The number of aromatic nitrogens is 2. The Morgan fingerprint density at radius 1 is 1.29 bits per heavy atom. The van der Waals surface area contributed by atoms with Crippen molar-refractivity contribution in [1.82, 2.24) is 15.1 Å². The lowest BCUT2D eigenvalue weighted by atomic mass is 9.85. The van der Waals surface area contributed by atoms with Gasteiger partial charge in [-0.25, -0.2) is 4.79 Å². The van der Waals surface area contributed by atoms with Crippen LogP contribution in [-0.4, -0.2) is 45.8 Å². The molecule has 2 aromatic rings. The minimum Gasteiger partial charge on any atom is -0.443 e. The maximum Gasteiger partial charge on any atom is 0.414 e. The highest BCUT2D eigenvalue weighted by Crippen LogP contribution is 2.34. The van der Waals surface area contributed by atoms with Crippen LogP contribution >= 0.6 is 0 Å². The van der Waals surface area contributed by atoms with Gasteiger partial charge in [-0.2, -0.15) is 5.10 Å². The molecule has 7 nitrogen and oxygen atoms in total. The van der Waals surface area contributed by atoms with E-state index in [1.54, 1.807) is 11.0 Å². The van der Waals surface area contributed by atoms with E-state index in [4.69, 9.17) is 4.74 Å². The molecule has 0 radical (unpaired) electrons. The normalized spacial score (nSPS) is 16.1. The first kappa shape index (κ1) is 21.4. The van der Waals surface area contributed by atoms with E-state index in [1.807, 2.05) is 44.7 Å². The molecule has 1 fully saturated rings. The molecule has 2 amide bonds. The average Bonchev–Trinajstić information content (AvgIpc) is 3.28. The van der Waals surface area contributed by atoms with Crippen LogP contribution in [0.1, 0.15) is 67.3 Å². The second kappa shape index (κ2) is 8.36. The van der Waals surface area contributed by atoms with Crippen molar-refractivity contribution in [2.75, 3.05) is 18.0 Å². The van der Waals surface area contributed by atoms with E-state index in [1.165, 1.54) is 19.3 Å². The Balaban J connectivity index is 1.56. The summed E-state index contributed by atoms with van der Waals surface area (Å²) in [4.78, 5) is 29.6. The van der Waals surface area contributed by atoms with Gasteiger partial charge in [0.2, 0.25) is 0 Å². The summed E-state index contributed by atoms with van der Waals surface area (Å²) in [5.41, 5.74) is 3.90. The molecular weight excluding hydrogens is 392 g/mol. The van der Waals surface area contributed by atoms with Gasteiger partial charge in [-0.3, -0.25) is 14.8 Å². The fraction of sp³-hybridized carbons (Fsp3) is 0.542. The number of anilines is 1. The smallest absolute Gasteiger partial charge is 0.414 e. The largest absolute Gasteiger partial charge is 0.443 e. The zero-order chi connectivity index (χ0) is 22.2. The third-order valence-electron chi connectivity index (χ3n) is 6.03. The Kier molecular flexibility index (Phi) is 5.77. The first-order valence-electron chi connectivity index (χ1n) is 11.1. The van der Waals surface area contributed by atoms with Crippen LogP contribution in [0, 0.1) is 12.8 Å². The van der Waals surface area contributed by atoms with Crippen molar-refractivity contribution in [1.29, 1.82) is 0 Å². The number of rotatable bonds is 5. The Bertz CT molecular complexity index is 971. The maximum atomic E-state index is 13.2. The molecule has 1 aliphatic heterocycles. The van der Waals surface area contributed by atoms with Crippen LogP contribution in [0.5, 0.6) is 0 Å². The van der Waals surface area contributed by atoms with E-state index >= 15 is 0 Å². The summed E-state index contributed by atoms with van der Waals surface area (Å²) in [6.45, 7) is 9.36. The highest BCUT2D eigenvalue weighted by atomic mass is 16.6. The maximum absolute atomic E-state index is 13.2. The van der Waals surface area contributed by atoms with Gasteiger partial charge in [0.1, 0.15) is 11.3 Å². The van der Waals surface area contributed by atoms with E-state index in [9.17, 15) is 9.59 Å². The van der Waals surface area contributed by atoms with E-state index in [0.29, 0.717) is 24.7 Å². The van der Waals surface area contributed by atoms with E-state index in [2.05, 4.69) is 16.3 Å². The summed E-state index contributed by atoms with van der Waals surface area (Å²) in [5.74, 6) is 0.537. The summed E-state index contributed by atoms with van der Waals surface area (Å²) in [6, 6.07) is 7.79. The standard InChI is InChI=1S/C24H32N4O3/c1-16-13-20(26-25-16)22(29)27(14-17-7-5-8-17)15-18-9-6-10-21-19(18)11-12-28(21)23(30)31-24(2,3)4/h6,9-10,13,17H,5,7-8,11-12,14-15H2,1-4H3,(H,25,26). The summed E-state index contributed by atoms with van der Waals surface area (Å²) >= 11 is 0. The van der Waals surface area contributed by atoms with Gasteiger partial charge in [-0.1, -0.05) is 18.6 Å². The van der Waals surface area contributed by atoms with Crippen LogP contribution in [0.3, 0.4) is 0 Å². The molecule has 2 aliphatic rings. The quantitative estimate of drug-likeness (QED) is 0.769. The van der Waals surface area contributed by atoms with Crippen molar-refractivity contribution in [3.63, 3.8) is 0 Å². The van der Waals surface area contributed by atoms with Crippen LogP contribution in [0.25, 0.3) is 0 Å². The van der Waals surface area contributed by atoms with Crippen LogP contribution in [-0.2, 0) is 17.7 Å². The van der Waals surface area contributed by atoms with Crippen molar-refractivity contribution < 1.29 is 14.3 Å². The number of aryl methyl sites for hydroxylation is 1. The number of hydrogen-bond acceptors (Lipinski definition) is 4. The fourth-order valence-corrected chi connectivity index (χ4v) is 4.28. The lowest BCUT2D eigenvalue weighted by molar-refractivity contribution is 0.0583. The molecule has 0 unspecified atom stereocenters. The molecule has 0 atom stereocenters. The van der Waals surface area contributed by atoms with Gasteiger partial charge in [-0.15, -0.1) is 0 Å². The topological polar surface area (TPSA) is 78.5 Å². The molecule has 2 heterocycles. The number of nitrogens with one attached hydrogen (secondary N) is 1. The Hall–Kier alpha value is -2.83. The van der Waals surface area contributed by atoms with E-state index < -0.39 is 5.60 Å². The second-order valence-corrected chi connectivity index (χ2v) is 9.70. The van der Waals surface area contributed by atoms with Gasteiger partial charge in [0.25, 0.3) is 5.91 Å². The van der Waals surface area contributed by atoms with Gasteiger partial charge in [0.05, 0.1) is 11.4 Å². The minimum absolute atomic E-state index is 0.0212. The first-order valence-corrected chi connectivity index (χ1v) is 11.1. The molecule has 31 heavy (non-hydrogen) atoms. The van der Waals surface area contributed by atoms with Gasteiger partial charge in [0.15, 0.2) is 0 Å². The van der Waals surface area contributed by atoms with Crippen molar-refractivity contribution >= 4 is 17.7 Å². The predicted molar refractivity (Wildman–Crippen MR) is 119 cm³/mol. The van der Waals surface area contributed by atoms with Gasteiger partial charge in [0, 0.05) is 19.6 Å². The minimum atomic E-state index is -0.536. The third-order valence-corrected chi connectivity index (χ3v) is 6.03. The average molecular weight is 425 g/mol. The molecule has 0 bridgehead atoms. The number of carbonyl (C=O) groups is 2. The lowest BCUT2D eigenvalue weighted by Crippen LogP contribution is -2.37. The molecule has 7 heteroatoms. The van der Waals surface area contributed by atoms with Crippen molar-refractivity contribution in [3.8, 4) is 0 Å². The van der Waals surface area contributed by atoms with Crippen LogP contribution in [0.15, 0.2) is 24.3 Å². The lowest BCUT2D eigenvalue weighted by Gasteiger charge is -2.32. The number of fused-ring (bicyclic) bond motifs is 1. The molecule has 0 spiro atoms. The zero-order valence-electron chi connectivity index (χ0n) is 18.9. The van der Waals surface area contributed by atoms with Crippen molar-refractivity contribution in [3.05, 3.63) is 46.8 Å². The third kappa shape index (κ3) is 4.75. The Morgan fingerprint density at radius 2 is 2.06 bits per heavy atom. The number of hydrogen-bond donors (Lipinski definition) is 1. The molecule has 1 N–H and O–H groups in total. The first-order chi connectivity index (χ1) is 14.7. The van der Waals surface area contributed by atoms with Gasteiger partial charge in [-0.05, 0) is 76.1 Å². The highest BCUT2D eigenvalue weighted by Gasteiger charge is 2.31. The monoisotopic (exact) mass is 424 g/mol. The summed E-state index contributed by atoms with van der Waals surface area (Å²) in [6.07, 6.45) is 4.02. The van der Waals surface area contributed by atoms with E-state index in [-0.39, 0.29) is 12.0 Å². The molecule has 0 saturated heterocycles.